The first-order valence-corrected chi connectivity index (χ1v) is 6.54. The quantitative estimate of drug-likeness (QED) is 0.815. The van der Waals surface area contributed by atoms with Crippen LogP contribution < -0.4 is 5.73 Å². The maximum absolute atomic E-state index is 5.75. The van der Waals surface area contributed by atoms with Crippen LogP contribution >= 0.6 is 23.1 Å². The Morgan fingerprint density at radius 3 is 2.85 bits per heavy atom. The maximum Gasteiger partial charge on any atom is 0.0430 e. The summed E-state index contributed by atoms with van der Waals surface area (Å²) >= 11 is 3.73. The van der Waals surface area contributed by atoms with E-state index in [1.165, 1.54) is 12.0 Å². The molecule has 74 valence electrons. The van der Waals surface area contributed by atoms with Gasteiger partial charge in [0.1, 0.15) is 0 Å². The molecule has 1 nitrogen and oxygen atoms in total. The van der Waals surface area contributed by atoms with E-state index in [0.29, 0.717) is 10.5 Å². The molecule has 0 spiro atoms. The smallest absolute Gasteiger partial charge is 0.0430 e. The minimum absolute atomic E-state index is 0.487. The number of thioether (sulfide) groups is 1. The number of rotatable bonds is 5. The van der Waals surface area contributed by atoms with Crippen LogP contribution in [-0.4, -0.2) is 11.8 Å². The molecule has 1 aromatic rings. The van der Waals surface area contributed by atoms with E-state index in [9.17, 15) is 0 Å². The van der Waals surface area contributed by atoms with E-state index in [0.717, 1.165) is 6.54 Å². The summed E-state index contributed by atoms with van der Waals surface area (Å²) in [6.07, 6.45) is 1.21. The van der Waals surface area contributed by atoms with Gasteiger partial charge in [-0.1, -0.05) is 13.8 Å². The number of nitrogens with two attached hydrogens (primary N) is 1. The Kier molecular flexibility index (Phi) is 4.84. The van der Waals surface area contributed by atoms with Gasteiger partial charge >= 0.3 is 0 Å². The first kappa shape index (κ1) is 11.1. The Morgan fingerprint density at radius 2 is 2.38 bits per heavy atom. The summed E-state index contributed by atoms with van der Waals surface area (Å²) < 4.78 is 0. The molecule has 3 heteroatoms. The lowest BCUT2D eigenvalue weighted by atomic mass is 10.2. The molecular weight excluding hydrogens is 198 g/mol. The van der Waals surface area contributed by atoms with Crippen molar-refractivity contribution >= 4 is 23.1 Å². The van der Waals surface area contributed by atoms with Crippen LogP contribution in [0.4, 0.5) is 0 Å². The molecule has 0 aliphatic rings. The van der Waals surface area contributed by atoms with Gasteiger partial charge in [-0.25, -0.2) is 0 Å². The molecule has 13 heavy (non-hydrogen) atoms. The van der Waals surface area contributed by atoms with Crippen molar-refractivity contribution in [3.63, 3.8) is 0 Å². The van der Waals surface area contributed by atoms with Crippen molar-refractivity contribution in [3.8, 4) is 0 Å². The van der Waals surface area contributed by atoms with Crippen molar-refractivity contribution in [2.24, 2.45) is 5.73 Å². The molecule has 1 heterocycles. The third-order valence-electron chi connectivity index (χ3n) is 2.10. The Labute approximate surface area is 88.7 Å². The lowest BCUT2D eigenvalue weighted by Crippen LogP contribution is -2.11. The van der Waals surface area contributed by atoms with Crippen LogP contribution in [-0.2, 0) is 0 Å². The van der Waals surface area contributed by atoms with Crippen molar-refractivity contribution in [2.45, 2.75) is 30.8 Å². The van der Waals surface area contributed by atoms with Gasteiger partial charge in [0.15, 0.2) is 0 Å². The zero-order valence-corrected chi connectivity index (χ0v) is 9.83. The molecule has 0 aliphatic carbocycles. The monoisotopic (exact) mass is 215 g/mol. The summed E-state index contributed by atoms with van der Waals surface area (Å²) in [7, 11) is 0. The van der Waals surface area contributed by atoms with Gasteiger partial charge < -0.3 is 5.73 Å². The number of thiophene rings is 1. The predicted molar refractivity (Wildman–Crippen MR) is 63.5 cm³/mol. The molecule has 0 saturated carbocycles. The Morgan fingerprint density at radius 1 is 1.62 bits per heavy atom. The van der Waals surface area contributed by atoms with Crippen molar-refractivity contribution in [2.75, 3.05) is 6.54 Å². The zero-order valence-electron chi connectivity index (χ0n) is 8.19. The molecule has 0 fully saturated rings. The molecule has 0 saturated heterocycles. The summed E-state index contributed by atoms with van der Waals surface area (Å²) in [5, 5.41) is 5.51. The lowest BCUT2D eigenvalue weighted by molar-refractivity contribution is 0.876. The van der Waals surface area contributed by atoms with Crippen LogP contribution in [0.1, 0.15) is 31.1 Å². The third kappa shape index (κ3) is 3.33. The van der Waals surface area contributed by atoms with Crippen LogP contribution in [0.5, 0.6) is 0 Å². The topological polar surface area (TPSA) is 26.0 Å². The van der Waals surface area contributed by atoms with Crippen LogP contribution in [0.3, 0.4) is 0 Å². The van der Waals surface area contributed by atoms with Crippen LogP contribution in [0, 0.1) is 0 Å². The highest BCUT2D eigenvalue weighted by molar-refractivity contribution is 8.00. The third-order valence-corrected chi connectivity index (χ3v) is 4.39. The summed E-state index contributed by atoms with van der Waals surface area (Å²) in [5.41, 5.74) is 7.14. The fourth-order valence-electron chi connectivity index (χ4n) is 1.11. The van der Waals surface area contributed by atoms with Gasteiger partial charge in [0.05, 0.1) is 0 Å². The van der Waals surface area contributed by atoms with Crippen LogP contribution in [0.25, 0.3) is 0 Å². The Balaban J connectivity index is 2.53. The summed E-state index contributed by atoms with van der Waals surface area (Å²) in [4.78, 5) is 0. The fraction of sp³-hybridized carbons (Fsp3) is 0.600. The van der Waals surface area contributed by atoms with Gasteiger partial charge in [0.25, 0.3) is 0 Å². The molecule has 1 aromatic heterocycles. The van der Waals surface area contributed by atoms with E-state index in [4.69, 9.17) is 5.73 Å². The lowest BCUT2D eigenvalue weighted by Gasteiger charge is -2.17. The molecule has 2 N–H and O–H groups in total. The molecule has 0 amide bonds. The molecule has 2 atom stereocenters. The van der Waals surface area contributed by atoms with E-state index in [1.807, 2.05) is 11.8 Å². The molecule has 0 radical (unpaired) electrons. The number of hydrogen-bond acceptors (Lipinski definition) is 3. The van der Waals surface area contributed by atoms with E-state index in [-0.39, 0.29) is 0 Å². The average molecular weight is 215 g/mol. The largest absolute Gasteiger partial charge is 0.329 e. The minimum atomic E-state index is 0.487. The van der Waals surface area contributed by atoms with Gasteiger partial charge in [0, 0.05) is 17.0 Å². The van der Waals surface area contributed by atoms with Gasteiger partial charge in [-0.3, -0.25) is 0 Å². The van der Waals surface area contributed by atoms with Gasteiger partial charge in [-0.15, -0.1) is 11.8 Å². The standard InChI is InChI=1S/C10H17NS2/c1-3-8(2)13-10(6-11)9-4-5-12-7-9/h4-5,7-8,10H,3,6,11H2,1-2H3. The molecular formula is C10H17NS2. The molecule has 2 unspecified atom stereocenters. The first-order chi connectivity index (χ1) is 6.27. The van der Waals surface area contributed by atoms with Crippen molar-refractivity contribution < 1.29 is 0 Å². The van der Waals surface area contributed by atoms with E-state index >= 15 is 0 Å². The van der Waals surface area contributed by atoms with Crippen molar-refractivity contribution in [1.82, 2.24) is 0 Å². The minimum Gasteiger partial charge on any atom is -0.329 e. The fourth-order valence-corrected chi connectivity index (χ4v) is 3.07. The van der Waals surface area contributed by atoms with E-state index < -0.39 is 0 Å². The molecule has 0 aliphatic heterocycles. The second kappa shape index (κ2) is 5.68. The maximum atomic E-state index is 5.75. The Bertz CT molecular complexity index is 221. The summed E-state index contributed by atoms with van der Waals surface area (Å²) in [5.74, 6) is 0. The summed E-state index contributed by atoms with van der Waals surface area (Å²) in [6, 6.07) is 2.18. The second-order valence-electron chi connectivity index (χ2n) is 3.14. The van der Waals surface area contributed by atoms with Gasteiger partial charge in [-0.2, -0.15) is 11.3 Å². The van der Waals surface area contributed by atoms with Crippen LogP contribution in [0.15, 0.2) is 16.8 Å². The van der Waals surface area contributed by atoms with Gasteiger partial charge in [0.2, 0.25) is 0 Å². The average Bonchev–Trinajstić information content (AvgIpc) is 2.66. The highest BCUT2D eigenvalue weighted by atomic mass is 32.2. The number of hydrogen-bond donors (Lipinski definition) is 1. The highest BCUT2D eigenvalue weighted by Gasteiger charge is 2.13. The van der Waals surface area contributed by atoms with E-state index in [2.05, 4.69) is 30.7 Å². The van der Waals surface area contributed by atoms with E-state index in [1.54, 1.807) is 11.3 Å². The SMILES string of the molecule is CCC(C)SC(CN)c1ccsc1. The van der Waals surface area contributed by atoms with Crippen LogP contribution in [0.2, 0.25) is 0 Å². The summed E-state index contributed by atoms with van der Waals surface area (Å²) in [6.45, 7) is 5.23. The molecule has 0 aromatic carbocycles. The predicted octanol–water partition coefficient (Wildman–Crippen LogP) is 3.28. The Hall–Kier alpha value is 0.01000. The molecule has 0 bridgehead atoms. The second-order valence-corrected chi connectivity index (χ2v) is 5.56. The molecule has 1 rings (SSSR count). The normalized spacial score (nSPS) is 15.6. The first-order valence-electron chi connectivity index (χ1n) is 4.65. The van der Waals surface area contributed by atoms with Crippen molar-refractivity contribution in [1.29, 1.82) is 0 Å². The zero-order chi connectivity index (χ0) is 9.68. The highest BCUT2D eigenvalue weighted by Crippen LogP contribution is 2.33. The van der Waals surface area contributed by atoms with Crippen molar-refractivity contribution in [3.05, 3.63) is 22.4 Å². The van der Waals surface area contributed by atoms with Gasteiger partial charge in [-0.05, 0) is 28.8 Å².